The number of hydrogen-bond acceptors (Lipinski definition) is 7. The zero-order valence-electron chi connectivity index (χ0n) is 26.2. The minimum atomic E-state index is -1.24. The molecule has 0 saturated carbocycles. The van der Waals surface area contributed by atoms with Gasteiger partial charge in [-0.2, -0.15) is 0 Å². The molecule has 10 heteroatoms. The smallest absolute Gasteiger partial charge is 0.312 e. The summed E-state index contributed by atoms with van der Waals surface area (Å²) >= 11 is 0. The number of esters is 1. The number of hydrogen-bond donors (Lipinski definition) is 2. The first-order chi connectivity index (χ1) is 21.1. The molecule has 2 bridgehead atoms. The monoisotopic (exact) mass is 609 g/mol. The predicted molar refractivity (Wildman–Crippen MR) is 165 cm³/mol. The van der Waals surface area contributed by atoms with Crippen LogP contribution in [0.25, 0.3) is 0 Å². The van der Waals surface area contributed by atoms with Gasteiger partial charge in [-0.25, -0.2) is 0 Å². The van der Waals surface area contributed by atoms with Crippen LogP contribution in [0.4, 0.5) is 0 Å². The van der Waals surface area contributed by atoms with Crippen molar-refractivity contribution in [2.45, 2.75) is 95.2 Å². The second-order valence-corrected chi connectivity index (χ2v) is 12.2. The average molecular weight is 610 g/mol. The lowest BCUT2D eigenvalue weighted by molar-refractivity contribution is -0.160. The Balaban J connectivity index is 1.68. The lowest BCUT2D eigenvalue weighted by atomic mass is 9.70. The number of nitrogens with one attached hydrogen (secondary N) is 1. The molecule has 3 amide bonds. The van der Waals surface area contributed by atoms with E-state index in [0.717, 1.165) is 12.8 Å². The molecule has 3 aliphatic rings. The van der Waals surface area contributed by atoms with Gasteiger partial charge in [0.2, 0.25) is 17.7 Å². The van der Waals surface area contributed by atoms with E-state index in [9.17, 15) is 24.3 Å². The van der Waals surface area contributed by atoms with Gasteiger partial charge in [-0.05, 0) is 45.1 Å². The summed E-state index contributed by atoms with van der Waals surface area (Å²) in [5, 5.41) is 13.4. The fourth-order valence-electron chi connectivity index (χ4n) is 7.26. The third-order valence-electron chi connectivity index (χ3n) is 9.26. The molecule has 1 spiro atoms. The van der Waals surface area contributed by atoms with Crippen LogP contribution >= 0.6 is 0 Å². The second-order valence-electron chi connectivity index (χ2n) is 12.2. The molecule has 44 heavy (non-hydrogen) atoms. The maximum absolute atomic E-state index is 14.6. The summed E-state index contributed by atoms with van der Waals surface area (Å²) < 4.78 is 12.3. The Kier molecular flexibility index (Phi) is 11.0. The molecular formula is C34H47N3O7. The SMILES string of the molecule is C=CCCC(=O)NC[C@@H](C)OC(=O)[C@@H]1[C@H]2C(=O)N([C@H](CO)c3ccccc3)[C@H](C(=O)N(CC=C)C(C)CCC)[C@]23CC[C@H]1O3. The van der Waals surface area contributed by atoms with Gasteiger partial charge in [-0.15, -0.1) is 13.2 Å². The highest BCUT2D eigenvalue weighted by molar-refractivity contribution is 5.98. The van der Waals surface area contributed by atoms with Crippen LogP contribution in [-0.2, 0) is 28.7 Å². The fourth-order valence-corrected chi connectivity index (χ4v) is 7.26. The van der Waals surface area contributed by atoms with Gasteiger partial charge in [0.1, 0.15) is 17.7 Å². The highest BCUT2D eigenvalue weighted by Crippen LogP contribution is 2.60. The molecule has 0 radical (unpaired) electrons. The Labute approximate surface area is 260 Å². The van der Waals surface area contributed by atoms with Crippen molar-refractivity contribution in [2.24, 2.45) is 11.8 Å². The van der Waals surface area contributed by atoms with Crippen molar-refractivity contribution < 1.29 is 33.8 Å². The van der Waals surface area contributed by atoms with Gasteiger partial charge in [-0.1, -0.05) is 55.8 Å². The Hall–Kier alpha value is -3.50. The summed E-state index contributed by atoms with van der Waals surface area (Å²) in [5.74, 6) is -3.29. The topological polar surface area (TPSA) is 125 Å². The molecule has 1 unspecified atom stereocenters. The van der Waals surface area contributed by atoms with E-state index >= 15 is 0 Å². The maximum atomic E-state index is 14.6. The zero-order chi connectivity index (χ0) is 32.0. The number of likely N-dealkylation sites (tertiary alicyclic amines) is 1. The number of carbonyl (C=O) groups is 4. The van der Waals surface area contributed by atoms with Crippen molar-refractivity contribution in [3.8, 4) is 0 Å². The fraction of sp³-hybridized carbons (Fsp3) is 0.588. The molecule has 3 aliphatic heterocycles. The van der Waals surface area contributed by atoms with Gasteiger partial charge in [0, 0.05) is 19.0 Å². The van der Waals surface area contributed by atoms with Gasteiger partial charge >= 0.3 is 5.97 Å². The molecule has 1 aromatic carbocycles. The number of aliphatic hydroxyl groups is 1. The van der Waals surface area contributed by atoms with Crippen LogP contribution in [0.5, 0.6) is 0 Å². The molecule has 10 nitrogen and oxygen atoms in total. The number of aliphatic hydroxyl groups excluding tert-OH is 1. The quantitative estimate of drug-likeness (QED) is 0.218. The first-order valence-electron chi connectivity index (χ1n) is 15.8. The number of amides is 3. The van der Waals surface area contributed by atoms with Gasteiger partial charge in [0.25, 0.3) is 0 Å². The van der Waals surface area contributed by atoms with Crippen LogP contribution in [0.15, 0.2) is 55.6 Å². The normalized spacial score (nSPS) is 27.3. The van der Waals surface area contributed by atoms with E-state index in [2.05, 4.69) is 25.4 Å². The molecule has 1 aromatic rings. The van der Waals surface area contributed by atoms with E-state index < -0.39 is 60.2 Å². The maximum Gasteiger partial charge on any atom is 0.312 e. The zero-order valence-corrected chi connectivity index (χ0v) is 26.2. The first-order valence-corrected chi connectivity index (χ1v) is 15.8. The van der Waals surface area contributed by atoms with E-state index in [1.807, 2.05) is 37.3 Å². The number of nitrogens with zero attached hydrogens (tertiary/aromatic N) is 2. The van der Waals surface area contributed by atoms with Crippen molar-refractivity contribution in [1.82, 2.24) is 15.1 Å². The molecule has 3 saturated heterocycles. The Morgan fingerprint density at radius 1 is 1.23 bits per heavy atom. The summed E-state index contributed by atoms with van der Waals surface area (Å²) in [6, 6.07) is 7.15. The van der Waals surface area contributed by atoms with Crippen molar-refractivity contribution in [3.05, 3.63) is 61.2 Å². The predicted octanol–water partition coefficient (Wildman–Crippen LogP) is 3.31. The van der Waals surface area contributed by atoms with Crippen LogP contribution in [0.3, 0.4) is 0 Å². The summed E-state index contributed by atoms with van der Waals surface area (Å²) in [7, 11) is 0. The van der Waals surface area contributed by atoms with Crippen molar-refractivity contribution >= 4 is 23.7 Å². The lowest BCUT2D eigenvalue weighted by Crippen LogP contribution is -2.58. The number of allylic oxidation sites excluding steroid dienone is 1. The average Bonchev–Trinajstić information content (AvgIpc) is 3.66. The van der Waals surface area contributed by atoms with Gasteiger partial charge < -0.3 is 29.7 Å². The van der Waals surface area contributed by atoms with E-state index in [-0.39, 0.29) is 24.4 Å². The molecule has 0 aromatic heterocycles. The minimum absolute atomic E-state index is 0.121. The van der Waals surface area contributed by atoms with Crippen molar-refractivity contribution in [2.75, 3.05) is 19.7 Å². The van der Waals surface area contributed by atoms with Gasteiger partial charge in [-0.3, -0.25) is 19.2 Å². The number of ether oxygens (including phenoxy) is 2. The summed E-state index contributed by atoms with van der Waals surface area (Å²) in [6.45, 7) is 13.2. The minimum Gasteiger partial charge on any atom is -0.460 e. The molecule has 2 N–H and O–H groups in total. The Bertz CT molecular complexity index is 1220. The second kappa shape index (κ2) is 14.5. The highest BCUT2D eigenvalue weighted by Gasteiger charge is 2.75. The molecule has 0 aliphatic carbocycles. The molecule has 8 atom stereocenters. The third-order valence-corrected chi connectivity index (χ3v) is 9.26. The number of carbonyl (C=O) groups excluding carboxylic acids is 4. The Morgan fingerprint density at radius 2 is 1.95 bits per heavy atom. The number of benzene rings is 1. The molecule has 3 heterocycles. The molecular weight excluding hydrogens is 562 g/mol. The number of fused-ring (bicyclic) bond motifs is 1. The van der Waals surface area contributed by atoms with E-state index in [1.54, 1.807) is 24.0 Å². The van der Waals surface area contributed by atoms with Crippen LogP contribution in [0, 0.1) is 11.8 Å². The van der Waals surface area contributed by atoms with Crippen LogP contribution in [-0.4, -0.2) is 88.2 Å². The molecule has 240 valence electrons. The van der Waals surface area contributed by atoms with E-state index in [0.29, 0.717) is 37.8 Å². The lowest BCUT2D eigenvalue weighted by Gasteiger charge is -2.41. The summed E-state index contributed by atoms with van der Waals surface area (Å²) in [6.07, 6.45) is 5.51. The molecule has 3 fully saturated rings. The standard InChI is InChI=1S/C34H47N3O7/c1-6-9-16-27(39)35-20-23(5)43-33(42)28-26-17-18-34(44-26)29(28)31(40)37(25(21-38)24-14-11-10-12-15-24)30(34)32(41)36(19-8-3)22(4)13-7-2/h6,8,10-12,14-15,22-23,25-26,28-30,38H,1,3,7,9,13,16-21H2,2,4-5H3,(H,35,39)/t22?,23-,25-,26-,28+,29+,30-,34+/m1/s1. The highest BCUT2D eigenvalue weighted by atomic mass is 16.6. The van der Waals surface area contributed by atoms with Crippen LogP contribution < -0.4 is 5.32 Å². The largest absolute Gasteiger partial charge is 0.460 e. The summed E-state index contributed by atoms with van der Waals surface area (Å²) in [4.78, 5) is 58.1. The van der Waals surface area contributed by atoms with Gasteiger partial charge in [0.05, 0.1) is 37.1 Å². The van der Waals surface area contributed by atoms with Crippen LogP contribution in [0.1, 0.15) is 70.9 Å². The van der Waals surface area contributed by atoms with Crippen molar-refractivity contribution in [1.29, 1.82) is 0 Å². The number of rotatable bonds is 16. The third kappa shape index (κ3) is 6.33. The first kappa shape index (κ1) is 33.4. The van der Waals surface area contributed by atoms with E-state index in [4.69, 9.17) is 9.47 Å². The van der Waals surface area contributed by atoms with Crippen molar-refractivity contribution in [3.63, 3.8) is 0 Å². The Morgan fingerprint density at radius 3 is 2.59 bits per heavy atom. The summed E-state index contributed by atoms with van der Waals surface area (Å²) in [5.41, 5.74) is -0.554. The van der Waals surface area contributed by atoms with Gasteiger partial charge in [0.15, 0.2) is 0 Å². The molecule has 4 rings (SSSR count). The van der Waals surface area contributed by atoms with E-state index in [1.165, 1.54) is 4.90 Å². The van der Waals surface area contributed by atoms with Crippen LogP contribution in [0.2, 0.25) is 0 Å².